The summed E-state index contributed by atoms with van der Waals surface area (Å²) in [6.45, 7) is 10.5. The van der Waals surface area contributed by atoms with Gasteiger partial charge in [-0.15, -0.1) is 10.2 Å². The number of hydrogen-bond acceptors (Lipinski definition) is 5. The number of amides is 2. The normalized spacial score (nSPS) is 12.0. The van der Waals surface area contributed by atoms with E-state index in [1.165, 1.54) is 11.8 Å². The molecule has 2 aromatic carbocycles. The van der Waals surface area contributed by atoms with Crippen LogP contribution in [-0.2, 0) is 11.3 Å². The highest BCUT2D eigenvalue weighted by Crippen LogP contribution is 2.26. The van der Waals surface area contributed by atoms with Gasteiger partial charge in [-0.1, -0.05) is 61.0 Å². The van der Waals surface area contributed by atoms with Gasteiger partial charge in [0.15, 0.2) is 11.0 Å². The van der Waals surface area contributed by atoms with Crippen molar-refractivity contribution in [3.8, 4) is 0 Å². The zero-order valence-corrected chi connectivity index (χ0v) is 21.6. The quantitative estimate of drug-likeness (QED) is 0.383. The molecule has 0 saturated heterocycles. The molecule has 1 atom stereocenters. The van der Waals surface area contributed by atoms with Crippen LogP contribution in [0.1, 0.15) is 54.1 Å². The maximum atomic E-state index is 12.9. The first-order valence-electron chi connectivity index (χ1n) is 11.2. The summed E-state index contributed by atoms with van der Waals surface area (Å²) >= 11 is 7.35. The van der Waals surface area contributed by atoms with Crippen molar-refractivity contribution in [2.75, 3.05) is 11.1 Å². The van der Waals surface area contributed by atoms with Gasteiger partial charge in [-0.2, -0.15) is 0 Å². The van der Waals surface area contributed by atoms with Crippen LogP contribution in [0.4, 0.5) is 5.69 Å². The summed E-state index contributed by atoms with van der Waals surface area (Å²) in [6, 6.07) is 12.5. The molecular weight excluding hydrogens is 470 g/mol. The van der Waals surface area contributed by atoms with Crippen molar-refractivity contribution in [3.05, 3.63) is 70.0 Å². The molecule has 3 aromatic rings. The summed E-state index contributed by atoms with van der Waals surface area (Å²) in [7, 11) is 0. The molecule has 0 spiro atoms. The van der Waals surface area contributed by atoms with E-state index in [1.807, 2.05) is 63.5 Å². The number of rotatable bonds is 9. The van der Waals surface area contributed by atoms with Crippen molar-refractivity contribution in [1.82, 2.24) is 20.1 Å². The molecule has 1 heterocycles. The van der Waals surface area contributed by atoms with Crippen molar-refractivity contribution in [1.29, 1.82) is 0 Å². The molecule has 34 heavy (non-hydrogen) atoms. The number of carbonyl (C=O) groups excluding carboxylic acids is 2. The predicted molar refractivity (Wildman–Crippen MR) is 137 cm³/mol. The lowest BCUT2D eigenvalue weighted by atomic mass is 10.0. The molecule has 180 valence electrons. The largest absolute Gasteiger partial charge is 0.342 e. The number of halogens is 1. The van der Waals surface area contributed by atoms with Gasteiger partial charge in [0.05, 0.1) is 11.8 Å². The Morgan fingerprint density at radius 2 is 1.88 bits per heavy atom. The van der Waals surface area contributed by atoms with Crippen LogP contribution in [0, 0.1) is 19.8 Å². The van der Waals surface area contributed by atoms with E-state index in [4.69, 9.17) is 11.6 Å². The average Bonchev–Trinajstić information content (AvgIpc) is 3.20. The molecule has 2 amide bonds. The topological polar surface area (TPSA) is 88.9 Å². The molecule has 0 aliphatic heterocycles. The zero-order valence-electron chi connectivity index (χ0n) is 20.1. The Labute approximate surface area is 209 Å². The number of nitrogens with one attached hydrogen (secondary N) is 2. The minimum atomic E-state index is -0.322. The molecule has 0 unspecified atom stereocenters. The van der Waals surface area contributed by atoms with Crippen LogP contribution in [0.25, 0.3) is 0 Å². The first kappa shape index (κ1) is 25.8. The zero-order chi connectivity index (χ0) is 24.8. The predicted octanol–water partition coefficient (Wildman–Crippen LogP) is 5.43. The number of thioether (sulfide) groups is 1. The van der Waals surface area contributed by atoms with Crippen molar-refractivity contribution in [2.24, 2.45) is 5.92 Å². The molecule has 3 rings (SSSR count). The Kier molecular flexibility index (Phi) is 8.74. The van der Waals surface area contributed by atoms with E-state index >= 15 is 0 Å². The highest BCUT2D eigenvalue weighted by molar-refractivity contribution is 7.99. The third-order valence-electron chi connectivity index (χ3n) is 5.38. The highest BCUT2D eigenvalue weighted by atomic mass is 35.5. The third kappa shape index (κ3) is 6.39. The van der Waals surface area contributed by atoms with Crippen molar-refractivity contribution in [3.63, 3.8) is 0 Å². The third-order valence-corrected chi connectivity index (χ3v) is 6.58. The highest BCUT2D eigenvalue weighted by Gasteiger charge is 2.26. The molecular formula is C25H30ClN5O2S. The number of aromatic nitrogens is 3. The lowest BCUT2D eigenvalue weighted by Gasteiger charge is -2.22. The molecule has 0 saturated carbocycles. The van der Waals surface area contributed by atoms with E-state index in [0.717, 1.165) is 11.1 Å². The van der Waals surface area contributed by atoms with Crippen LogP contribution in [-0.4, -0.2) is 32.3 Å². The lowest BCUT2D eigenvalue weighted by Crippen LogP contribution is -2.33. The van der Waals surface area contributed by atoms with Crippen molar-refractivity contribution >= 4 is 40.9 Å². The standard InChI is InChI=1S/C25H30ClN5O2S/c1-6-31-23(22(15(2)3)28-24(33)18-9-7-8-16(4)12-18)29-30-25(31)34-14-21(32)27-20-13-19(26)11-10-17(20)5/h7-13,15,22H,6,14H2,1-5H3,(H,27,32)(H,28,33)/t22-/m1/s1. The summed E-state index contributed by atoms with van der Waals surface area (Å²) in [5.74, 6) is 0.628. The Morgan fingerprint density at radius 3 is 2.56 bits per heavy atom. The van der Waals surface area contributed by atoms with E-state index in [0.29, 0.717) is 33.8 Å². The number of anilines is 1. The number of benzene rings is 2. The number of nitrogens with zero attached hydrogens (tertiary/aromatic N) is 3. The molecule has 1 aromatic heterocycles. The average molecular weight is 500 g/mol. The fourth-order valence-electron chi connectivity index (χ4n) is 3.52. The maximum absolute atomic E-state index is 12.9. The number of aryl methyl sites for hydroxylation is 2. The maximum Gasteiger partial charge on any atom is 0.251 e. The minimum absolute atomic E-state index is 0.0928. The molecule has 0 aliphatic carbocycles. The van der Waals surface area contributed by atoms with Gasteiger partial charge in [0.2, 0.25) is 5.91 Å². The van der Waals surface area contributed by atoms with Gasteiger partial charge in [0.1, 0.15) is 0 Å². The van der Waals surface area contributed by atoms with Gasteiger partial charge in [-0.05, 0) is 56.5 Å². The summed E-state index contributed by atoms with van der Waals surface area (Å²) in [4.78, 5) is 25.4. The molecule has 0 aliphatic rings. The van der Waals surface area contributed by atoms with Crippen LogP contribution < -0.4 is 10.6 Å². The monoisotopic (exact) mass is 499 g/mol. The second-order valence-electron chi connectivity index (χ2n) is 8.45. The van der Waals surface area contributed by atoms with E-state index in [2.05, 4.69) is 20.8 Å². The minimum Gasteiger partial charge on any atom is -0.342 e. The fraction of sp³-hybridized carbons (Fsp3) is 0.360. The molecule has 0 fully saturated rings. The first-order valence-corrected chi connectivity index (χ1v) is 12.5. The van der Waals surface area contributed by atoms with Gasteiger partial charge in [0.25, 0.3) is 5.91 Å². The van der Waals surface area contributed by atoms with Crippen molar-refractivity contribution in [2.45, 2.75) is 52.4 Å². The summed E-state index contributed by atoms with van der Waals surface area (Å²) in [5, 5.41) is 15.9. The smallest absolute Gasteiger partial charge is 0.251 e. The summed E-state index contributed by atoms with van der Waals surface area (Å²) in [6.07, 6.45) is 0. The van der Waals surface area contributed by atoms with E-state index in [1.54, 1.807) is 18.2 Å². The van der Waals surface area contributed by atoms with E-state index in [9.17, 15) is 9.59 Å². The molecule has 0 radical (unpaired) electrons. The Balaban J connectivity index is 1.72. The van der Waals surface area contributed by atoms with E-state index < -0.39 is 0 Å². The van der Waals surface area contributed by atoms with Crippen LogP contribution in [0.2, 0.25) is 5.02 Å². The van der Waals surface area contributed by atoms with Gasteiger partial charge < -0.3 is 15.2 Å². The Hall–Kier alpha value is -2.84. The van der Waals surface area contributed by atoms with Crippen LogP contribution >= 0.6 is 23.4 Å². The first-order chi connectivity index (χ1) is 16.2. The van der Waals surface area contributed by atoms with Crippen molar-refractivity contribution < 1.29 is 9.59 Å². The Bertz CT molecular complexity index is 1180. The second kappa shape index (κ2) is 11.5. The Morgan fingerprint density at radius 1 is 1.12 bits per heavy atom. The van der Waals surface area contributed by atoms with Gasteiger partial charge in [-0.3, -0.25) is 9.59 Å². The molecule has 2 N–H and O–H groups in total. The summed E-state index contributed by atoms with van der Waals surface area (Å²) < 4.78 is 1.95. The van der Waals surface area contributed by atoms with Gasteiger partial charge in [-0.25, -0.2) is 0 Å². The lowest BCUT2D eigenvalue weighted by molar-refractivity contribution is -0.113. The summed E-state index contributed by atoms with van der Waals surface area (Å²) in [5.41, 5.74) is 3.26. The molecule has 9 heteroatoms. The second-order valence-corrected chi connectivity index (χ2v) is 9.82. The number of carbonyl (C=O) groups is 2. The molecule has 7 nitrogen and oxygen atoms in total. The number of hydrogen-bond donors (Lipinski definition) is 2. The van der Waals surface area contributed by atoms with E-state index in [-0.39, 0.29) is 29.5 Å². The van der Waals surface area contributed by atoms with Crippen LogP contribution in [0.15, 0.2) is 47.6 Å². The van der Waals surface area contributed by atoms with Gasteiger partial charge >= 0.3 is 0 Å². The SMILES string of the molecule is CCn1c(SCC(=O)Nc2cc(Cl)ccc2C)nnc1[C@H](NC(=O)c1cccc(C)c1)C(C)C. The molecule has 0 bridgehead atoms. The van der Waals surface area contributed by atoms with Crippen LogP contribution in [0.5, 0.6) is 0 Å². The van der Waals surface area contributed by atoms with Gasteiger partial charge in [0, 0.05) is 22.8 Å². The fourth-order valence-corrected chi connectivity index (χ4v) is 4.50. The van der Waals surface area contributed by atoms with Crippen LogP contribution in [0.3, 0.4) is 0 Å².